The molecule has 5 aliphatic rings. The average Bonchev–Trinajstić information content (AvgIpc) is 1.65. The summed E-state index contributed by atoms with van der Waals surface area (Å²) in [7, 11) is 0. The predicted molar refractivity (Wildman–Crippen MR) is 389 cm³/mol. The van der Waals surface area contributed by atoms with Gasteiger partial charge in [0.1, 0.15) is 52.9 Å². The number of rotatable bonds is 13. The lowest BCUT2D eigenvalue weighted by Gasteiger charge is -2.17. The van der Waals surface area contributed by atoms with Crippen molar-refractivity contribution in [1.82, 2.24) is 39.9 Å². The molecule has 0 aliphatic carbocycles. The summed E-state index contributed by atoms with van der Waals surface area (Å²) in [5.41, 5.74) is 5.33. The molecule has 109 heavy (non-hydrogen) atoms. The van der Waals surface area contributed by atoms with Crippen LogP contribution in [0.15, 0.2) is 163 Å². The average molecular weight is 1590 g/mol. The highest BCUT2D eigenvalue weighted by molar-refractivity contribution is 6.69. The van der Waals surface area contributed by atoms with E-state index in [1.807, 2.05) is 0 Å². The Bertz CT molecular complexity index is 4700. The van der Waals surface area contributed by atoms with Gasteiger partial charge in [-0.2, -0.15) is 4.99 Å². The van der Waals surface area contributed by atoms with Crippen LogP contribution >= 0.6 is 46.4 Å². The van der Waals surface area contributed by atoms with E-state index in [9.17, 15) is 69.9 Å². The van der Waals surface area contributed by atoms with Gasteiger partial charge in [-0.05, 0) is 176 Å². The van der Waals surface area contributed by atoms with Crippen LogP contribution in [0.4, 0.5) is 101 Å². The van der Waals surface area contributed by atoms with E-state index in [-0.39, 0.29) is 76.4 Å². The Hall–Kier alpha value is -12.4. The van der Waals surface area contributed by atoms with Crippen LogP contribution < -0.4 is 56.3 Å². The van der Waals surface area contributed by atoms with Crippen LogP contribution in [0.2, 0.25) is 0 Å². The number of ether oxygens (including phenoxy) is 4. The lowest BCUT2D eigenvalue weighted by atomic mass is 10.3. The van der Waals surface area contributed by atoms with Crippen LogP contribution in [0.1, 0.15) is 38.5 Å². The van der Waals surface area contributed by atoms with Gasteiger partial charge in [0.05, 0.1) is 23.6 Å². The summed E-state index contributed by atoms with van der Waals surface area (Å²) in [6.07, 6.45) is 11.6. The molecule has 7 N–H and O–H groups in total. The van der Waals surface area contributed by atoms with Gasteiger partial charge in [0.2, 0.25) is 6.08 Å². The zero-order valence-electron chi connectivity index (χ0n) is 56.6. The number of imide groups is 3. The lowest BCUT2D eigenvalue weighted by molar-refractivity contribution is -0.117. The number of nitrogen functional groups attached to an aromatic ring is 1. The van der Waals surface area contributed by atoms with Crippen LogP contribution in [0.25, 0.3) is 0 Å². The molecule has 3 aromatic heterocycles. The lowest BCUT2D eigenvalue weighted by Crippen LogP contribution is -2.39. The number of nitrogens with zero attached hydrogens (tertiary/aromatic N) is 10. The summed E-state index contributed by atoms with van der Waals surface area (Å²) in [6, 6.07) is 27.6. The number of amides is 14. The highest BCUT2D eigenvalue weighted by Gasteiger charge is 2.41. The molecule has 39 heteroatoms. The second-order valence-corrected chi connectivity index (χ2v) is 25.6. The molecule has 14 amide bonds. The molecule has 568 valence electrons. The number of carbonyl (C=O) groups is 9. The maximum atomic E-state index is 14.8. The monoisotopic (exact) mass is 1580 g/mol. The first kappa shape index (κ1) is 80.7. The second kappa shape index (κ2) is 38.2. The first-order valence-corrected chi connectivity index (χ1v) is 34.0. The molecule has 0 spiro atoms. The minimum atomic E-state index is -2.04. The van der Waals surface area contributed by atoms with Crippen LogP contribution in [-0.2, 0) is 19.1 Å². The van der Waals surface area contributed by atoms with Crippen LogP contribution in [0, 0.1) is 29.1 Å². The van der Waals surface area contributed by atoms with Crippen molar-refractivity contribution >= 4 is 152 Å². The van der Waals surface area contributed by atoms with E-state index in [2.05, 4.69) is 62.9 Å². The number of hydrogen-bond donors (Lipinski definition) is 6. The van der Waals surface area contributed by atoms with Crippen molar-refractivity contribution in [2.75, 3.05) is 89.2 Å². The molecule has 5 aliphatic heterocycles. The smallest absolute Gasteiger partial charge is 0.407 e. The number of benzene rings is 5. The number of nitrogens with one attached hydrogen (secondary N) is 5. The van der Waals surface area contributed by atoms with Gasteiger partial charge in [0.15, 0.2) is 34.7 Å². The number of urea groups is 6. The van der Waals surface area contributed by atoms with Crippen LogP contribution in [0.5, 0.6) is 34.5 Å². The van der Waals surface area contributed by atoms with Gasteiger partial charge in [-0.3, -0.25) is 25.5 Å². The molecule has 0 atom stereocenters. The summed E-state index contributed by atoms with van der Waals surface area (Å²) >= 11 is 19.4. The molecule has 13 rings (SSSR count). The molecule has 5 fully saturated rings. The normalized spacial score (nSPS) is 14.2. The number of carbonyl (C=O) groups excluding carboxylic acids is 10. The quantitative estimate of drug-likeness (QED) is 0.0119. The van der Waals surface area contributed by atoms with E-state index in [0.717, 1.165) is 98.8 Å². The Morgan fingerprint density at radius 1 is 0.505 bits per heavy atom. The van der Waals surface area contributed by atoms with Crippen molar-refractivity contribution < 1.29 is 88.8 Å². The molecule has 8 heterocycles. The number of halogens is 9. The Morgan fingerprint density at radius 3 is 1.29 bits per heavy atom. The van der Waals surface area contributed by atoms with Gasteiger partial charge >= 0.3 is 45.6 Å². The Morgan fingerprint density at radius 2 is 0.917 bits per heavy atom. The highest BCUT2D eigenvalue weighted by atomic mass is 35.6. The van der Waals surface area contributed by atoms with Crippen molar-refractivity contribution in [3.8, 4) is 34.5 Å². The van der Waals surface area contributed by atoms with E-state index in [1.54, 1.807) is 39.0 Å². The number of hydrogen-bond acceptors (Lipinski definition) is 19. The largest absolute Gasteiger partial charge is 0.454 e. The molecule has 30 nitrogen and oxygen atoms in total. The maximum absolute atomic E-state index is 14.8. The van der Waals surface area contributed by atoms with Gasteiger partial charge in [-0.1, -0.05) is 0 Å². The number of anilines is 7. The van der Waals surface area contributed by atoms with E-state index >= 15 is 0 Å². The van der Waals surface area contributed by atoms with E-state index in [4.69, 9.17) is 54.7 Å². The molecule has 0 radical (unpaired) electrons. The predicted octanol–water partition coefficient (Wildman–Crippen LogP) is 15.2. The van der Waals surface area contributed by atoms with E-state index < -0.39 is 69.0 Å². The summed E-state index contributed by atoms with van der Waals surface area (Å²) in [6.45, 7) is 3.75. The van der Waals surface area contributed by atoms with Gasteiger partial charge in [0.25, 0.3) is 11.8 Å². The Balaban J connectivity index is 0.000000170. The molecular weight excluding hydrogens is 1530 g/mol. The molecule has 0 unspecified atom stereocenters. The molecule has 8 aromatic rings. The Kier molecular flexibility index (Phi) is 28.3. The first-order valence-electron chi connectivity index (χ1n) is 32.5. The first-order chi connectivity index (χ1) is 52.1. The standard InChI is InChI=1S/C26H22F2N6O5.C17H15FN4O3.C16H17FN4O2.C9H7FN2O2.C2Cl4O2/c27-16-3-6-18(7-4-16)34-23(35)15-33(26(34)38)25(37)30-17-5-8-21(20(28)13-17)39-19-9-10-29-22(14-19)31-24(36)32-11-1-2-12-32;18-14-9-12(20-11-23)3-4-15(14)25-13-5-6-19-16(10-13)21-17(24)22-7-1-2-8-22;17-13-9-11(18)3-4-14(13)23-12-5-6-19-15(10-12)20-16(22)21-7-1-2-8-21;10-6-1-3-7(4-2-6)12-8(13)5-11-9(12)14;3-1(7)8-2(4,5)6/h3-10,13-14H,1-2,11-12,15H2,(H,30,37)(H,29,31,36);3-6,9-10H,1-2,7-8H2,(H,19,21,24);3-6,9-10H,1-2,7-8,18H2,(H,19,20,22);1-4H,5H2,(H,11,14);. The summed E-state index contributed by atoms with van der Waals surface area (Å²) < 4.78 is 86.6. The van der Waals surface area contributed by atoms with Crippen molar-refractivity contribution in [2.24, 2.45) is 4.99 Å². The number of likely N-dealkylation sites (tertiary alicyclic amines) is 3. The number of aromatic nitrogens is 3. The number of aliphatic imine (C=N–C) groups is 1. The maximum Gasteiger partial charge on any atom is 0.407 e. The number of nitrogens with two attached hydrogens (primary N) is 1. The number of pyridine rings is 3. The van der Waals surface area contributed by atoms with E-state index in [0.29, 0.717) is 52.5 Å². The molecule has 5 saturated heterocycles. The summed E-state index contributed by atoms with van der Waals surface area (Å²) in [4.78, 5) is 139. The fourth-order valence-electron chi connectivity index (χ4n) is 10.4. The minimum absolute atomic E-state index is 0.00376. The molecule has 5 aromatic carbocycles. The fraction of sp³-hybridized carbons (Fsp3) is 0.214. The third-order valence-electron chi connectivity index (χ3n) is 15.4. The minimum Gasteiger partial charge on any atom is -0.454 e. The van der Waals surface area contributed by atoms with Gasteiger partial charge in [-0.25, -0.2) is 90.0 Å². The van der Waals surface area contributed by atoms with Crippen molar-refractivity contribution in [1.29, 1.82) is 0 Å². The van der Waals surface area contributed by atoms with Crippen LogP contribution in [-0.4, -0.2) is 150 Å². The zero-order valence-corrected chi connectivity index (χ0v) is 59.6. The van der Waals surface area contributed by atoms with Crippen LogP contribution in [0.3, 0.4) is 0 Å². The van der Waals surface area contributed by atoms with Gasteiger partial charge in [0, 0.05) is 117 Å². The summed E-state index contributed by atoms with van der Waals surface area (Å²) in [5.74, 6) is -2.30. The van der Waals surface area contributed by atoms with Crippen molar-refractivity contribution in [2.45, 2.75) is 42.5 Å². The molecular formula is C70H61Cl4F5N16O14. The molecule has 0 saturated carbocycles. The van der Waals surface area contributed by atoms with Gasteiger partial charge < -0.3 is 50.0 Å². The van der Waals surface area contributed by atoms with E-state index in [1.165, 1.54) is 116 Å². The third kappa shape index (κ3) is 24.0. The SMILES string of the molecule is Nc1ccc(Oc2ccnc(NC(=O)N3CCCC3)c2)c(F)c1.O=C(Cl)OC(Cl)(Cl)Cl.O=C(Nc1cc(Oc2ccc(NC(=O)N3CC(=O)N(c4ccc(F)cc4)C3=O)cc2F)ccn1)N1CCCC1.O=C1CNC(=O)N1c1ccc(F)cc1.O=C=Nc1ccc(Oc2ccnc(NC(=O)N3CCCC3)c2)c(F)c1. The topological polar surface area (TPSA) is 364 Å². The highest BCUT2D eigenvalue weighted by Crippen LogP contribution is 2.33. The summed E-state index contributed by atoms with van der Waals surface area (Å²) in [5, 5.41) is 12.8. The zero-order chi connectivity index (χ0) is 78.3. The molecule has 0 bridgehead atoms. The van der Waals surface area contributed by atoms with Gasteiger partial charge in [-0.15, -0.1) is 0 Å². The fourth-order valence-corrected chi connectivity index (χ4v) is 10.8. The third-order valence-corrected chi connectivity index (χ3v) is 15.7. The van der Waals surface area contributed by atoms with Crippen molar-refractivity contribution in [3.63, 3.8) is 0 Å². The second-order valence-electron chi connectivity index (χ2n) is 23.1. The van der Waals surface area contributed by atoms with Crippen molar-refractivity contribution in [3.05, 3.63) is 187 Å². The number of alkyl halides is 3. The number of isocyanates is 1. The Labute approximate surface area is 635 Å².